The molecule has 19 heavy (non-hydrogen) atoms. The number of carbonyl (C=O) groups excluding carboxylic acids is 2. The Hall–Kier alpha value is -2.04. The maximum atomic E-state index is 11.7. The maximum Gasteiger partial charge on any atom is 0.347 e. The highest BCUT2D eigenvalue weighted by Crippen LogP contribution is 2.11. The molecular weight excluding hydrogens is 246 g/mol. The van der Waals surface area contributed by atoms with Crippen LogP contribution in [0.15, 0.2) is 30.3 Å². The van der Waals surface area contributed by atoms with Crippen LogP contribution in [0.1, 0.15) is 20.8 Å². The zero-order chi connectivity index (χ0) is 14.3. The van der Waals surface area contributed by atoms with Crippen molar-refractivity contribution < 1.29 is 19.1 Å². The highest BCUT2D eigenvalue weighted by Gasteiger charge is 2.22. The van der Waals surface area contributed by atoms with Crippen molar-refractivity contribution in [2.45, 2.75) is 33.0 Å². The molecule has 0 spiro atoms. The van der Waals surface area contributed by atoms with Gasteiger partial charge in [0.05, 0.1) is 0 Å². The number of carbonyl (C=O) groups is 2. The monoisotopic (exact) mass is 265 g/mol. The molecule has 0 fully saturated rings. The molecule has 1 amide bonds. The van der Waals surface area contributed by atoms with Crippen molar-refractivity contribution in [3.05, 3.63) is 30.3 Å². The molecule has 104 valence electrons. The summed E-state index contributed by atoms with van der Waals surface area (Å²) in [6.45, 7) is 5.41. The molecule has 1 aromatic rings. The summed E-state index contributed by atoms with van der Waals surface area (Å²) in [4.78, 5) is 23.2. The predicted molar refractivity (Wildman–Crippen MR) is 70.8 cm³/mol. The predicted octanol–water partition coefficient (Wildman–Crippen LogP) is 1.52. The van der Waals surface area contributed by atoms with E-state index in [0.717, 1.165) is 0 Å². The fraction of sp³-hybridized carbons (Fsp3) is 0.429. The second kappa shape index (κ2) is 7.41. The van der Waals surface area contributed by atoms with Crippen LogP contribution < -0.4 is 10.1 Å². The molecule has 0 aromatic heterocycles. The molecule has 5 heteroatoms. The van der Waals surface area contributed by atoms with Crippen molar-refractivity contribution in [2.75, 3.05) is 6.54 Å². The van der Waals surface area contributed by atoms with Crippen molar-refractivity contribution in [1.82, 2.24) is 5.32 Å². The Morgan fingerprint density at radius 2 is 1.79 bits per heavy atom. The quantitative estimate of drug-likeness (QED) is 0.792. The molecule has 0 saturated heterocycles. The molecule has 0 aliphatic rings. The van der Waals surface area contributed by atoms with Gasteiger partial charge < -0.3 is 14.8 Å². The van der Waals surface area contributed by atoms with Crippen molar-refractivity contribution in [3.63, 3.8) is 0 Å². The third kappa shape index (κ3) is 4.99. The van der Waals surface area contributed by atoms with E-state index in [1.165, 1.54) is 6.92 Å². The maximum absolute atomic E-state index is 11.7. The summed E-state index contributed by atoms with van der Waals surface area (Å²) < 4.78 is 10.4. The summed E-state index contributed by atoms with van der Waals surface area (Å²) in [7, 11) is 0. The number of likely N-dealkylation sites (N-methyl/N-ethyl adjacent to an activating group) is 1. The number of para-hydroxylation sites is 1. The smallest absolute Gasteiger partial charge is 0.347 e. The van der Waals surface area contributed by atoms with Crippen LogP contribution in [0.25, 0.3) is 0 Å². The van der Waals surface area contributed by atoms with Gasteiger partial charge >= 0.3 is 5.97 Å². The molecule has 0 heterocycles. The Labute approximate surface area is 112 Å². The molecule has 2 atom stereocenters. The van der Waals surface area contributed by atoms with Crippen LogP contribution in [-0.4, -0.2) is 30.6 Å². The molecule has 1 N–H and O–H groups in total. The van der Waals surface area contributed by atoms with Gasteiger partial charge in [0.15, 0.2) is 12.2 Å². The lowest BCUT2D eigenvalue weighted by atomic mass is 10.3. The van der Waals surface area contributed by atoms with Crippen molar-refractivity contribution >= 4 is 11.9 Å². The van der Waals surface area contributed by atoms with Crippen LogP contribution in [0.3, 0.4) is 0 Å². The Morgan fingerprint density at radius 1 is 1.16 bits per heavy atom. The van der Waals surface area contributed by atoms with E-state index >= 15 is 0 Å². The largest absolute Gasteiger partial charge is 0.479 e. The zero-order valence-corrected chi connectivity index (χ0v) is 11.4. The van der Waals surface area contributed by atoms with Crippen molar-refractivity contribution in [2.24, 2.45) is 0 Å². The Kier molecular flexibility index (Phi) is 5.85. The van der Waals surface area contributed by atoms with E-state index in [4.69, 9.17) is 9.47 Å². The zero-order valence-electron chi connectivity index (χ0n) is 11.4. The summed E-state index contributed by atoms with van der Waals surface area (Å²) in [6, 6.07) is 8.97. The van der Waals surface area contributed by atoms with E-state index in [2.05, 4.69) is 5.32 Å². The number of hydrogen-bond acceptors (Lipinski definition) is 4. The minimum atomic E-state index is -0.825. The van der Waals surface area contributed by atoms with Gasteiger partial charge in [-0.25, -0.2) is 4.79 Å². The lowest BCUT2D eigenvalue weighted by molar-refractivity contribution is -0.160. The summed E-state index contributed by atoms with van der Waals surface area (Å²) in [5, 5.41) is 2.58. The van der Waals surface area contributed by atoms with Gasteiger partial charge in [-0.1, -0.05) is 18.2 Å². The Bertz CT molecular complexity index is 419. The highest BCUT2D eigenvalue weighted by molar-refractivity contribution is 5.84. The first kappa shape index (κ1) is 15.0. The molecule has 0 radical (unpaired) electrons. The number of esters is 1. The SMILES string of the molecule is CCNC(=O)[C@H](C)OC(=O)[C@H](C)Oc1ccccc1. The van der Waals surface area contributed by atoms with Gasteiger partial charge in [0.2, 0.25) is 0 Å². The number of amides is 1. The number of nitrogens with one attached hydrogen (secondary N) is 1. The van der Waals surface area contributed by atoms with E-state index in [0.29, 0.717) is 12.3 Å². The first-order valence-electron chi connectivity index (χ1n) is 6.24. The molecule has 0 unspecified atom stereocenters. The van der Waals surface area contributed by atoms with Crippen molar-refractivity contribution in [3.8, 4) is 5.75 Å². The summed E-state index contributed by atoms with van der Waals surface area (Å²) in [5.74, 6) is -0.303. The highest BCUT2D eigenvalue weighted by atomic mass is 16.6. The lowest BCUT2D eigenvalue weighted by Crippen LogP contribution is -2.38. The Balaban J connectivity index is 2.47. The minimum Gasteiger partial charge on any atom is -0.479 e. The van der Waals surface area contributed by atoms with Crippen LogP contribution in [-0.2, 0) is 14.3 Å². The molecule has 0 bridgehead atoms. The first-order valence-corrected chi connectivity index (χ1v) is 6.24. The average molecular weight is 265 g/mol. The molecule has 5 nitrogen and oxygen atoms in total. The van der Waals surface area contributed by atoms with Gasteiger partial charge in [-0.05, 0) is 32.9 Å². The van der Waals surface area contributed by atoms with Gasteiger partial charge in [0.25, 0.3) is 5.91 Å². The summed E-state index contributed by atoms with van der Waals surface area (Å²) in [6.07, 6.45) is -1.59. The second-order valence-electron chi connectivity index (χ2n) is 4.05. The fourth-order valence-corrected chi connectivity index (χ4v) is 1.39. The van der Waals surface area contributed by atoms with Crippen LogP contribution >= 0.6 is 0 Å². The standard InChI is InChI=1S/C14H19NO4/c1-4-15-13(16)10(2)19-14(17)11(3)18-12-8-6-5-7-9-12/h5-11H,4H2,1-3H3,(H,15,16)/t10-,11-/m0/s1. The van der Waals surface area contributed by atoms with E-state index in [9.17, 15) is 9.59 Å². The number of ether oxygens (including phenoxy) is 2. The number of benzene rings is 1. The number of rotatable bonds is 6. The lowest BCUT2D eigenvalue weighted by Gasteiger charge is -2.17. The van der Waals surface area contributed by atoms with Crippen LogP contribution in [0.2, 0.25) is 0 Å². The minimum absolute atomic E-state index is 0.317. The van der Waals surface area contributed by atoms with Gasteiger partial charge in [-0.15, -0.1) is 0 Å². The molecular formula is C14H19NO4. The van der Waals surface area contributed by atoms with Gasteiger partial charge in [0.1, 0.15) is 5.75 Å². The van der Waals surface area contributed by atoms with Crippen LogP contribution in [0.4, 0.5) is 0 Å². The van der Waals surface area contributed by atoms with E-state index in [1.807, 2.05) is 18.2 Å². The number of hydrogen-bond donors (Lipinski definition) is 1. The molecule has 1 aromatic carbocycles. The van der Waals surface area contributed by atoms with E-state index < -0.39 is 18.2 Å². The third-order valence-corrected chi connectivity index (χ3v) is 2.40. The normalized spacial score (nSPS) is 13.2. The molecule has 0 aliphatic carbocycles. The topological polar surface area (TPSA) is 64.6 Å². The molecule has 0 saturated carbocycles. The van der Waals surface area contributed by atoms with Gasteiger partial charge in [0, 0.05) is 6.54 Å². The Morgan fingerprint density at radius 3 is 2.37 bits per heavy atom. The van der Waals surface area contributed by atoms with E-state index in [1.54, 1.807) is 26.0 Å². The van der Waals surface area contributed by atoms with Gasteiger partial charge in [-0.3, -0.25) is 4.79 Å². The van der Waals surface area contributed by atoms with Crippen molar-refractivity contribution in [1.29, 1.82) is 0 Å². The first-order chi connectivity index (χ1) is 9.04. The summed E-state index contributed by atoms with van der Waals surface area (Å²) >= 11 is 0. The second-order valence-corrected chi connectivity index (χ2v) is 4.05. The van der Waals surface area contributed by atoms with Gasteiger partial charge in [-0.2, -0.15) is 0 Å². The van der Waals surface area contributed by atoms with Crippen LogP contribution in [0.5, 0.6) is 5.75 Å². The van der Waals surface area contributed by atoms with E-state index in [-0.39, 0.29) is 5.91 Å². The average Bonchev–Trinajstić information content (AvgIpc) is 2.40. The fourth-order valence-electron chi connectivity index (χ4n) is 1.39. The van der Waals surface area contributed by atoms with Crippen LogP contribution in [0, 0.1) is 0 Å². The summed E-state index contributed by atoms with van der Waals surface area (Å²) in [5.41, 5.74) is 0. The third-order valence-electron chi connectivity index (χ3n) is 2.40. The molecule has 0 aliphatic heterocycles. The molecule has 1 rings (SSSR count).